The molecule has 3 heterocycles. The van der Waals surface area contributed by atoms with Gasteiger partial charge in [0.05, 0.1) is 6.54 Å². The lowest BCUT2D eigenvalue weighted by molar-refractivity contribution is 0.412. The molecule has 9 nitrogen and oxygen atoms in total. The Balaban J connectivity index is 1.84. The van der Waals surface area contributed by atoms with E-state index in [4.69, 9.17) is 4.52 Å². The predicted molar refractivity (Wildman–Crippen MR) is 74.9 cm³/mol. The molecule has 21 heavy (non-hydrogen) atoms. The first kappa shape index (κ1) is 13.0. The van der Waals surface area contributed by atoms with Gasteiger partial charge in [-0.25, -0.2) is 4.68 Å². The van der Waals surface area contributed by atoms with Crippen molar-refractivity contribution in [3.8, 4) is 5.95 Å². The van der Waals surface area contributed by atoms with Gasteiger partial charge in [0.1, 0.15) is 12.0 Å². The first-order chi connectivity index (χ1) is 10.3. The zero-order valence-electron chi connectivity index (χ0n) is 11.4. The zero-order chi connectivity index (χ0) is 14.5. The molecule has 0 unspecified atom stereocenters. The van der Waals surface area contributed by atoms with Crippen LogP contribution in [0.5, 0.6) is 0 Å². The summed E-state index contributed by atoms with van der Waals surface area (Å²) in [5.41, 5.74) is 0.765. The van der Waals surface area contributed by atoms with Gasteiger partial charge < -0.3 is 15.2 Å². The molecule has 0 aliphatic heterocycles. The van der Waals surface area contributed by atoms with E-state index in [1.54, 1.807) is 29.2 Å². The van der Waals surface area contributed by atoms with Crippen LogP contribution in [0.2, 0.25) is 0 Å². The number of anilines is 2. The van der Waals surface area contributed by atoms with Crippen molar-refractivity contribution < 1.29 is 4.52 Å². The van der Waals surface area contributed by atoms with Crippen molar-refractivity contribution in [3.63, 3.8) is 0 Å². The molecule has 3 rings (SSSR count). The van der Waals surface area contributed by atoms with Gasteiger partial charge in [0.25, 0.3) is 5.95 Å². The average Bonchev–Trinajstić information content (AvgIpc) is 3.19. The highest BCUT2D eigenvalue weighted by Gasteiger charge is 2.08. The van der Waals surface area contributed by atoms with Crippen LogP contribution >= 0.6 is 0 Å². The Kier molecular flexibility index (Phi) is 3.72. The van der Waals surface area contributed by atoms with Crippen LogP contribution in [0.25, 0.3) is 5.95 Å². The Hall–Kier alpha value is -2.97. The van der Waals surface area contributed by atoms with Gasteiger partial charge in [-0.1, -0.05) is 5.16 Å². The normalized spacial score (nSPS) is 10.5. The number of aromatic nitrogens is 6. The molecule has 108 valence electrons. The van der Waals surface area contributed by atoms with Crippen LogP contribution in [-0.4, -0.2) is 36.4 Å². The predicted octanol–water partition coefficient (Wildman–Crippen LogP) is 1.09. The molecule has 3 aromatic rings. The molecule has 0 amide bonds. The third kappa shape index (κ3) is 3.14. The van der Waals surface area contributed by atoms with E-state index in [1.165, 1.54) is 6.26 Å². The summed E-state index contributed by atoms with van der Waals surface area (Å²) in [7, 11) is 0. The molecular weight excluding hydrogens is 272 g/mol. The summed E-state index contributed by atoms with van der Waals surface area (Å²) in [6.07, 6.45) is 4.95. The first-order valence-electron chi connectivity index (χ1n) is 6.48. The molecular formula is C12H14N8O. The van der Waals surface area contributed by atoms with Gasteiger partial charge in [-0.3, -0.25) is 0 Å². The smallest absolute Gasteiger partial charge is 0.257 e. The van der Waals surface area contributed by atoms with Crippen molar-refractivity contribution in [1.29, 1.82) is 0 Å². The molecule has 0 aromatic carbocycles. The molecule has 3 aromatic heterocycles. The van der Waals surface area contributed by atoms with E-state index in [2.05, 4.69) is 35.8 Å². The molecule has 2 N–H and O–H groups in total. The van der Waals surface area contributed by atoms with Crippen LogP contribution < -0.4 is 10.6 Å². The van der Waals surface area contributed by atoms with Crippen LogP contribution in [0.4, 0.5) is 11.9 Å². The average molecular weight is 286 g/mol. The van der Waals surface area contributed by atoms with Crippen molar-refractivity contribution in [2.75, 3.05) is 17.2 Å². The van der Waals surface area contributed by atoms with Crippen molar-refractivity contribution >= 4 is 11.9 Å². The van der Waals surface area contributed by atoms with Gasteiger partial charge in [0.2, 0.25) is 11.9 Å². The monoisotopic (exact) mass is 286 g/mol. The molecule has 0 atom stereocenters. The second kappa shape index (κ2) is 5.99. The Morgan fingerprint density at radius 3 is 2.71 bits per heavy atom. The lowest BCUT2D eigenvalue weighted by atomic mass is 10.4. The molecule has 9 heteroatoms. The number of nitrogens with zero attached hydrogens (tertiary/aromatic N) is 6. The van der Waals surface area contributed by atoms with E-state index >= 15 is 0 Å². The SMILES string of the molecule is CCNc1nc(NCc2ccon2)nc(-n2cccn2)n1. The van der Waals surface area contributed by atoms with Gasteiger partial charge in [-0.15, -0.1) is 0 Å². The Morgan fingerprint density at radius 2 is 2.05 bits per heavy atom. The molecule has 0 aliphatic rings. The van der Waals surface area contributed by atoms with E-state index < -0.39 is 0 Å². The third-order valence-electron chi connectivity index (χ3n) is 2.59. The Morgan fingerprint density at radius 1 is 1.19 bits per heavy atom. The van der Waals surface area contributed by atoms with Gasteiger partial charge in [0, 0.05) is 25.0 Å². The summed E-state index contributed by atoms with van der Waals surface area (Å²) in [6.45, 7) is 3.15. The summed E-state index contributed by atoms with van der Waals surface area (Å²) in [5.74, 6) is 1.36. The lowest BCUT2D eigenvalue weighted by Crippen LogP contribution is -2.12. The summed E-state index contributed by atoms with van der Waals surface area (Å²) in [6, 6.07) is 3.58. The highest BCUT2D eigenvalue weighted by molar-refractivity contribution is 5.37. The summed E-state index contributed by atoms with van der Waals surface area (Å²) in [4.78, 5) is 12.9. The van der Waals surface area contributed by atoms with Crippen molar-refractivity contribution in [2.24, 2.45) is 0 Å². The van der Waals surface area contributed by atoms with Crippen molar-refractivity contribution in [3.05, 3.63) is 36.5 Å². The maximum Gasteiger partial charge on any atom is 0.257 e. The fraction of sp³-hybridized carbons (Fsp3) is 0.250. The van der Waals surface area contributed by atoms with E-state index in [0.717, 1.165) is 5.69 Å². The Labute approximate surface area is 120 Å². The second-order valence-electron chi connectivity index (χ2n) is 4.11. The highest BCUT2D eigenvalue weighted by Crippen LogP contribution is 2.09. The van der Waals surface area contributed by atoms with E-state index in [1.807, 2.05) is 6.92 Å². The number of rotatable bonds is 6. The van der Waals surface area contributed by atoms with Gasteiger partial charge in [0.15, 0.2) is 0 Å². The van der Waals surface area contributed by atoms with Crippen LogP contribution in [0.3, 0.4) is 0 Å². The minimum absolute atomic E-state index is 0.439. The number of nitrogens with one attached hydrogen (secondary N) is 2. The second-order valence-corrected chi connectivity index (χ2v) is 4.11. The molecule has 0 bridgehead atoms. The lowest BCUT2D eigenvalue weighted by Gasteiger charge is -2.08. The van der Waals surface area contributed by atoms with Crippen LogP contribution in [0.15, 0.2) is 35.3 Å². The van der Waals surface area contributed by atoms with E-state index in [9.17, 15) is 0 Å². The molecule has 0 saturated heterocycles. The highest BCUT2D eigenvalue weighted by atomic mass is 16.5. The molecule has 0 saturated carbocycles. The molecule has 0 radical (unpaired) electrons. The maximum absolute atomic E-state index is 4.78. The molecule has 0 aliphatic carbocycles. The van der Waals surface area contributed by atoms with Crippen molar-refractivity contribution in [1.82, 2.24) is 29.9 Å². The summed E-state index contributed by atoms with van der Waals surface area (Å²) < 4.78 is 6.35. The third-order valence-corrected chi connectivity index (χ3v) is 2.59. The Bertz CT molecular complexity index is 679. The summed E-state index contributed by atoms with van der Waals surface area (Å²) in [5, 5.41) is 14.1. The quantitative estimate of drug-likeness (QED) is 0.693. The fourth-order valence-corrected chi connectivity index (χ4v) is 1.67. The fourth-order valence-electron chi connectivity index (χ4n) is 1.67. The number of hydrogen-bond donors (Lipinski definition) is 2. The van der Waals surface area contributed by atoms with Gasteiger partial charge in [-0.05, 0) is 13.0 Å². The maximum atomic E-state index is 4.78. The largest absolute Gasteiger partial charge is 0.364 e. The topological polar surface area (TPSA) is 107 Å². The number of hydrogen-bond acceptors (Lipinski definition) is 8. The van der Waals surface area contributed by atoms with E-state index in [0.29, 0.717) is 30.9 Å². The minimum Gasteiger partial charge on any atom is -0.364 e. The van der Waals surface area contributed by atoms with Crippen molar-refractivity contribution in [2.45, 2.75) is 13.5 Å². The minimum atomic E-state index is 0.439. The van der Waals surface area contributed by atoms with Crippen LogP contribution in [0.1, 0.15) is 12.6 Å². The summed E-state index contributed by atoms with van der Waals surface area (Å²) >= 11 is 0. The van der Waals surface area contributed by atoms with E-state index in [-0.39, 0.29) is 0 Å². The molecule has 0 spiro atoms. The van der Waals surface area contributed by atoms with Crippen LogP contribution in [0, 0.1) is 0 Å². The zero-order valence-corrected chi connectivity index (χ0v) is 11.4. The first-order valence-corrected chi connectivity index (χ1v) is 6.48. The van der Waals surface area contributed by atoms with Gasteiger partial charge in [-0.2, -0.15) is 20.1 Å². The molecule has 0 fully saturated rings. The standard InChI is InChI=1S/C12H14N8O/c1-2-13-10-16-11(14-8-9-4-7-21-19-9)18-12(17-10)20-6-3-5-15-20/h3-7H,2,8H2,1H3,(H2,13,14,16,17,18). The van der Waals surface area contributed by atoms with Crippen LogP contribution in [-0.2, 0) is 6.54 Å². The van der Waals surface area contributed by atoms with Gasteiger partial charge >= 0.3 is 0 Å².